The highest BCUT2D eigenvalue weighted by Gasteiger charge is 2.45. The van der Waals surface area contributed by atoms with Crippen molar-refractivity contribution in [3.8, 4) is 0 Å². The van der Waals surface area contributed by atoms with Crippen molar-refractivity contribution in [1.29, 1.82) is 0 Å². The third-order valence-electron chi connectivity index (χ3n) is 2.21. The van der Waals surface area contributed by atoms with Crippen LogP contribution in [0.4, 0.5) is 0 Å². The van der Waals surface area contributed by atoms with Crippen molar-refractivity contribution in [1.82, 2.24) is 0 Å². The number of carbonyl (C=O) groups excluding carboxylic acids is 1. The molecule has 0 fully saturated rings. The highest BCUT2D eigenvalue weighted by atomic mass is 16.5. The summed E-state index contributed by atoms with van der Waals surface area (Å²) in [7, 11) is 1.19. The van der Waals surface area contributed by atoms with Gasteiger partial charge >= 0.3 is 11.9 Å². The molecule has 0 aliphatic rings. The van der Waals surface area contributed by atoms with Crippen LogP contribution in [0.1, 0.15) is 20.8 Å². The van der Waals surface area contributed by atoms with Crippen LogP contribution in [0, 0.1) is 11.3 Å². The summed E-state index contributed by atoms with van der Waals surface area (Å²) in [6, 6.07) is 0. The zero-order valence-electron chi connectivity index (χ0n) is 7.75. The normalized spacial score (nSPS) is 15.4. The Morgan fingerprint density at radius 1 is 1.42 bits per heavy atom. The van der Waals surface area contributed by atoms with Crippen LogP contribution in [-0.4, -0.2) is 24.2 Å². The minimum atomic E-state index is -1.44. The van der Waals surface area contributed by atoms with Gasteiger partial charge in [-0.25, -0.2) is 0 Å². The highest BCUT2D eigenvalue weighted by Crippen LogP contribution is 2.28. The standard InChI is InChI=1S/C8H14O4/c1-5(2)8(3,6(9)10)7(11)12-4/h5H,1-4H3,(H,9,10). The van der Waals surface area contributed by atoms with E-state index in [1.54, 1.807) is 13.8 Å². The quantitative estimate of drug-likeness (QED) is 0.510. The Morgan fingerprint density at radius 3 is 1.92 bits per heavy atom. The average molecular weight is 174 g/mol. The molecule has 0 aliphatic carbocycles. The Morgan fingerprint density at radius 2 is 1.83 bits per heavy atom. The Balaban J connectivity index is 4.87. The number of rotatable bonds is 3. The summed E-state index contributed by atoms with van der Waals surface area (Å²) in [5.41, 5.74) is -1.44. The van der Waals surface area contributed by atoms with Gasteiger partial charge in [0.25, 0.3) is 0 Å². The first kappa shape index (κ1) is 10.9. The average Bonchev–Trinajstić information content (AvgIpc) is 2.00. The molecule has 0 aromatic heterocycles. The van der Waals surface area contributed by atoms with Crippen molar-refractivity contribution in [3.05, 3.63) is 0 Å². The Labute approximate surface area is 71.5 Å². The number of carboxylic acid groups (broad SMARTS) is 1. The van der Waals surface area contributed by atoms with E-state index >= 15 is 0 Å². The third kappa shape index (κ3) is 1.57. The number of ether oxygens (including phenoxy) is 1. The lowest BCUT2D eigenvalue weighted by atomic mass is 9.79. The highest BCUT2D eigenvalue weighted by molar-refractivity contribution is 5.98. The number of carboxylic acids is 1. The molecular weight excluding hydrogens is 160 g/mol. The fourth-order valence-electron chi connectivity index (χ4n) is 0.782. The molecule has 0 rings (SSSR count). The van der Waals surface area contributed by atoms with E-state index in [2.05, 4.69) is 4.74 Å². The van der Waals surface area contributed by atoms with Crippen LogP contribution in [-0.2, 0) is 14.3 Å². The van der Waals surface area contributed by atoms with E-state index in [9.17, 15) is 9.59 Å². The molecule has 0 aliphatic heterocycles. The minimum Gasteiger partial charge on any atom is -0.480 e. The first-order valence-corrected chi connectivity index (χ1v) is 3.69. The van der Waals surface area contributed by atoms with Gasteiger partial charge in [0.05, 0.1) is 7.11 Å². The molecule has 0 spiro atoms. The van der Waals surface area contributed by atoms with E-state index in [1.807, 2.05) is 0 Å². The molecule has 0 aromatic rings. The molecule has 4 heteroatoms. The summed E-state index contributed by atoms with van der Waals surface area (Å²) in [5, 5.41) is 8.80. The fourth-order valence-corrected chi connectivity index (χ4v) is 0.782. The summed E-state index contributed by atoms with van der Waals surface area (Å²) >= 11 is 0. The zero-order valence-corrected chi connectivity index (χ0v) is 7.75. The van der Waals surface area contributed by atoms with E-state index in [0.717, 1.165) is 0 Å². The fraction of sp³-hybridized carbons (Fsp3) is 0.750. The van der Waals surface area contributed by atoms with Crippen LogP contribution in [0.15, 0.2) is 0 Å². The molecule has 4 nitrogen and oxygen atoms in total. The molecule has 70 valence electrons. The maximum atomic E-state index is 11.1. The molecule has 0 aromatic carbocycles. The molecule has 0 saturated heterocycles. The van der Waals surface area contributed by atoms with Crippen molar-refractivity contribution >= 4 is 11.9 Å². The monoisotopic (exact) mass is 174 g/mol. The van der Waals surface area contributed by atoms with Gasteiger partial charge in [0.1, 0.15) is 0 Å². The molecule has 12 heavy (non-hydrogen) atoms. The second-order valence-electron chi connectivity index (χ2n) is 3.15. The van der Waals surface area contributed by atoms with Crippen LogP contribution in [0.2, 0.25) is 0 Å². The minimum absolute atomic E-state index is 0.289. The first-order chi connectivity index (χ1) is 5.37. The maximum absolute atomic E-state index is 11.1. The predicted octanol–water partition coefficient (Wildman–Crippen LogP) is 0.906. The van der Waals surface area contributed by atoms with E-state index in [4.69, 9.17) is 5.11 Å². The van der Waals surface area contributed by atoms with E-state index < -0.39 is 17.4 Å². The Kier molecular flexibility index (Phi) is 3.24. The van der Waals surface area contributed by atoms with Gasteiger partial charge in [-0.3, -0.25) is 9.59 Å². The van der Waals surface area contributed by atoms with Crippen LogP contribution in [0.25, 0.3) is 0 Å². The SMILES string of the molecule is COC(=O)C(C)(C(=O)O)C(C)C. The smallest absolute Gasteiger partial charge is 0.323 e. The number of aliphatic carboxylic acids is 1. The van der Waals surface area contributed by atoms with Crippen LogP contribution >= 0.6 is 0 Å². The molecular formula is C8H14O4. The molecule has 1 unspecified atom stereocenters. The number of hydrogen-bond donors (Lipinski definition) is 1. The van der Waals surface area contributed by atoms with Gasteiger partial charge < -0.3 is 9.84 Å². The van der Waals surface area contributed by atoms with Crippen molar-refractivity contribution in [3.63, 3.8) is 0 Å². The molecule has 0 radical (unpaired) electrons. The Bertz CT molecular complexity index is 197. The Hall–Kier alpha value is -1.06. The summed E-state index contributed by atoms with van der Waals surface area (Å²) in [5.74, 6) is -2.14. The molecule has 1 atom stereocenters. The van der Waals surface area contributed by atoms with Gasteiger partial charge in [-0.15, -0.1) is 0 Å². The second kappa shape index (κ2) is 3.56. The van der Waals surface area contributed by atoms with Crippen LogP contribution in [0.5, 0.6) is 0 Å². The topological polar surface area (TPSA) is 63.6 Å². The molecule has 0 saturated carbocycles. The molecule has 0 bridgehead atoms. The molecule has 1 N–H and O–H groups in total. The van der Waals surface area contributed by atoms with Gasteiger partial charge in [-0.2, -0.15) is 0 Å². The van der Waals surface area contributed by atoms with E-state index in [1.165, 1.54) is 14.0 Å². The summed E-state index contributed by atoms with van der Waals surface area (Å²) in [6.45, 7) is 4.71. The van der Waals surface area contributed by atoms with Gasteiger partial charge in [0, 0.05) is 0 Å². The first-order valence-electron chi connectivity index (χ1n) is 3.69. The van der Waals surface area contributed by atoms with Crippen molar-refractivity contribution in [2.24, 2.45) is 11.3 Å². The third-order valence-corrected chi connectivity index (χ3v) is 2.21. The number of methoxy groups -OCH3 is 1. The van der Waals surface area contributed by atoms with Gasteiger partial charge in [0.15, 0.2) is 5.41 Å². The van der Waals surface area contributed by atoms with Crippen LogP contribution in [0.3, 0.4) is 0 Å². The number of esters is 1. The second-order valence-corrected chi connectivity index (χ2v) is 3.15. The maximum Gasteiger partial charge on any atom is 0.323 e. The largest absolute Gasteiger partial charge is 0.480 e. The number of carbonyl (C=O) groups is 2. The lowest BCUT2D eigenvalue weighted by Crippen LogP contribution is -2.41. The summed E-state index contributed by atoms with van der Waals surface area (Å²) in [4.78, 5) is 21.9. The molecule has 0 amide bonds. The van der Waals surface area contributed by atoms with Crippen LogP contribution < -0.4 is 0 Å². The molecule has 0 heterocycles. The van der Waals surface area contributed by atoms with Gasteiger partial charge in [0.2, 0.25) is 0 Å². The lowest BCUT2D eigenvalue weighted by molar-refractivity contribution is -0.168. The van der Waals surface area contributed by atoms with Gasteiger partial charge in [-0.1, -0.05) is 13.8 Å². The van der Waals surface area contributed by atoms with E-state index in [0.29, 0.717) is 0 Å². The van der Waals surface area contributed by atoms with Crippen molar-refractivity contribution in [2.45, 2.75) is 20.8 Å². The lowest BCUT2D eigenvalue weighted by Gasteiger charge is -2.25. The predicted molar refractivity (Wildman–Crippen MR) is 42.6 cm³/mol. The zero-order chi connectivity index (χ0) is 9.94. The van der Waals surface area contributed by atoms with Crippen molar-refractivity contribution in [2.75, 3.05) is 7.11 Å². The van der Waals surface area contributed by atoms with Crippen molar-refractivity contribution < 1.29 is 19.4 Å². The number of hydrogen-bond acceptors (Lipinski definition) is 3. The summed E-state index contributed by atoms with van der Waals surface area (Å²) in [6.07, 6.45) is 0. The summed E-state index contributed by atoms with van der Waals surface area (Å²) < 4.78 is 4.42. The van der Waals surface area contributed by atoms with E-state index in [-0.39, 0.29) is 5.92 Å². The van der Waals surface area contributed by atoms with Gasteiger partial charge in [-0.05, 0) is 12.8 Å².